The van der Waals surface area contributed by atoms with Gasteiger partial charge in [0.05, 0.1) is 17.3 Å². The molecule has 0 bridgehead atoms. The molecule has 0 radical (unpaired) electrons. The summed E-state index contributed by atoms with van der Waals surface area (Å²) in [5.74, 6) is 1.04. The second-order valence-corrected chi connectivity index (χ2v) is 9.77. The summed E-state index contributed by atoms with van der Waals surface area (Å²) in [5.41, 5.74) is 3.16. The van der Waals surface area contributed by atoms with Crippen molar-refractivity contribution < 1.29 is 9.53 Å². The second kappa shape index (κ2) is 8.64. The monoisotopic (exact) mass is 474 g/mol. The average molecular weight is 475 g/mol. The van der Waals surface area contributed by atoms with E-state index in [4.69, 9.17) is 9.72 Å². The maximum Gasteiger partial charge on any atom is 0.263 e. The molecule has 182 valence electrons. The summed E-state index contributed by atoms with van der Waals surface area (Å²) in [5, 5.41) is 7.46. The molecule has 2 N–H and O–H groups in total. The highest BCUT2D eigenvalue weighted by Crippen LogP contribution is 2.37. The highest BCUT2D eigenvalue weighted by atomic mass is 16.5. The number of nitrogens with one attached hydrogen (secondary N) is 2. The van der Waals surface area contributed by atoms with Crippen molar-refractivity contribution in [2.24, 2.45) is 0 Å². The van der Waals surface area contributed by atoms with Crippen LogP contribution in [0, 0.1) is 6.92 Å². The number of carbonyl (C=O) groups excluding carboxylic acids is 1. The first kappa shape index (κ1) is 22.0. The third kappa shape index (κ3) is 3.74. The number of pyridine rings is 1. The number of hydrogen-bond acceptors (Lipinski definition) is 8. The number of carbonyl (C=O) groups is 1. The van der Waals surface area contributed by atoms with Crippen LogP contribution in [0.15, 0.2) is 29.2 Å². The predicted molar refractivity (Wildman–Crippen MR) is 135 cm³/mol. The van der Waals surface area contributed by atoms with E-state index < -0.39 is 0 Å². The Labute approximate surface area is 203 Å². The summed E-state index contributed by atoms with van der Waals surface area (Å²) in [6.07, 6.45) is 5.69. The van der Waals surface area contributed by atoms with E-state index in [0.717, 1.165) is 67.8 Å². The number of fused-ring (bicyclic) bond motifs is 4. The van der Waals surface area contributed by atoms with Crippen LogP contribution in [-0.2, 0) is 0 Å². The Morgan fingerprint density at radius 3 is 2.86 bits per heavy atom. The van der Waals surface area contributed by atoms with Gasteiger partial charge in [0.2, 0.25) is 5.95 Å². The first-order valence-corrected chi connectivity index (χ1v) is 12.5. The average Bonchev–Trinajstić information content (AvgIpc) is 3.38. The van der Waals surface area contributed by atoms with Gasteiger partial charge in [-0.2, -0.15) is 4.98 Å². The lowest BCUT2D eigenvalue weighted by Gasteiger charge is -2.42. The molecule has 2 aliphatic heterocycles. The molecule has 3 aromatic rings. The van der Waals surface area contributed by atoms with Gasteiger partial charge in [-0.15, -0.1) is 0 Å². The zero-order chi connectivity index (χ0) is 24.1. The molecule has 0 spiro atoms. The van der Waals surface area contributed by atoms with Gasteiger partial charge in [0, 0.05) is 49.0 Å². The molecule has 35 heavy (non-hydrogen) atoms. The Balaban J connectivity index is 1.39. The number of benzene rings is 1. The number of rotatable bonds is 4. The number of ether oxygens (including phenoxy) is 1. The minimum Gasteiger partial charge on any atom is -0.489 e. The van der Waals surface area contributed by atoms with Crippen LogP contribution in [0.2, 0.25) is 0 Å². The molecule has 6 rings (SSSR count). The van der Waals surface area contributed by atoms with Crippen molar-refractivity contribution in [3.05, 3.63) is 45.9 Å². The lowest BCUT2D eigenvalue weighted by molar-refractivity contribution is 0.101. The Bertz CT molecular complexity index is 1380. The van der Waals surface area contributed by atoms with Crippen LogP contribution in [0.5, 0.6) is 5.75 Å². The van der Waals surface area contributed by atoms with Gasteiger partial charge in [0.1, 0.15) is 18.0 Å². The fraction of sp³-hybridized carbons (Fsp3) is 0.462. The van der Waals surface area contributed by atoms with Crippen molar-refractivity contribution in [2.75, 3.05) is 36.5 Å². The summed E-state index contributed by atoms with van der Waals surface area (Å²) >= 11 is 0. The van der Waals surface area contributed by atoms with Crippen molar-refractivity contribution in [3.8, 4) is 5.75 Å². The summed E-state index contributed by atoms with van der Waals surface area (Å²) in [7, 11) is 0. The quantitative estimate of drug-likeness (QED) is 0.556. The molecular weight excluding hydrogens is 444 g/mol. The Morgan fingerprint density at radius 1 is 1.23 bits per heavy atom. The van der Waals surface area contributed by atoms with E-state index in [2.05, 4.69) is 26.6 Å². The van der Waals surface area contributed by atoms with Crippen LogP contribution in [0.25, 0.3) is 11.0 Å². The second-order valence-electron chi connectivity index (χ2n) is 9.77. The third-order valence-electron chi connectivity index (χ3n) is 7.56. The summed E-state index contributed by atoms with van der Waals surface area (Å²) in [4.78, 5) is 37.5. The number of anilines is 3. The van der Waals surface area contributed by atoms with Crippen LogP contribution >= 0.6 is 0 Å². The topological polar surface area (TPSA) is 101 Å². The summed E-state index contributed by atoms with van der Waals surface area (Å²) in [6, 6.07) is 6.47. The number of piperazine rings is 1. The molecular formula is C26H30N6O3. The van der Waals surface area contributed by atoms with Crippen molar-refractivity contribution in [3.63, 3.8) is 0 Å². The van der Waals surface area contributed by atoms with Crippen LogP contribution in [0.3, 0.4) is 0 Å². The lowest BCUT2D eigenvalue weighted by atomic mass is 10.0. The van der Waals surface area contributed by atoms with E-state index in [1.165, 1.54) is 6.92 Å². The smallest absolute Gasteiger partial charge is 0.263 e. The van der Waals surface area contributed by atoms with Crippen LogP contribution in [-0.4, -0.2) is 52.6 Å². The van der Waals surface area contributed by atoms with Crippen molar-refractivity contribution in [2.45, 2.75) is 51.6 Å². The number of Topliss-reactive ketones (excluding diaryl/α,β-unsaturated/α-hetero) is 1. The minimum atomic E-state index is -0.244. The van der Waals surface area contributed by atoms with Gasteiger partial charge < -0.3 is 20.3 Å². The first-order chi connectivity index (χ1) is 17.0. The zero-order valence-electron chi connectivity index (χ0n) is 20.1. The number of nitrogens with zero attached hydrogens (tertiary/aromatic N) is 4. The Kier molecular flexibility index (Phi) is 5.44. The van der Waals surface area contributed by atoms with Crippen molar-refractivity contribution in [1.82, 2.24) is 19.9 Å². The van der Waals surface area contributed by atoms with E-state index in [1.54, 1.807) is 17.7 Å². The van der Waals surface area contributed by atoms with Gasteiger partial charge in [-0.05, 0) is 44.4 Å². The Hall–Kier alpha value is -3.46. The molecule has 1 atom stereocenters. The molecule has 0 amide bonds. The fourth-order valence-corrected chi connectivity index (χ4v) is 5.80. The van der Waals surface area contributed by atoms with E-state index in [-0.39, 0.29) is 22.9 Å². The minimum absolute atomic E-state index is 0.0515. The number of aromatic nitrogens is 3. The predicted octanol–water partition coefficient (Wildman–Crippen LogP) is 3.33. The molecule has 1 aromatic carbocycles. The van der Waals surface area contributed by atoms with E-state index in [0.29, 0.717) is 29.8 Å². The van der Waals surface area contributed by atoms with Gasteiger partial charge in [-0.3, -0.25) is 14.2 Å². The standard InChI is InChI=1S/C26H30N6O3/c1-15-20-13-28-26(30-24(20)32(18-5-3-4-6-18)25(34)23(15)16(2)33)29-17-7-8-21-22(11-17)35-14-19-12-27-9-10-31(19)21/h7-8,11,13,18-19,27H,3-6,9-10,12,14H2,1-2H3,(H,28,29,30)/t19-/m0/s1. The summed E-state index contributed by atoms with van der Waals surface area (Å²) in [6.45, 7) is 6.77. The molecule has 2 fully saturated rings. The molecule has 4 heterocycles. The molecule has 1 aliphatic carbocycles. The van der Waals surface area contributed by atoms with Crippen LogP contribution in [0.4, 0.5) is 17.3 Å². The molecule has 3 aliphatic rings. The highest BCUT2D eigenvalue weighted by Gasteiger charge is 2.30. The van der Waals surface area contributed by atoms with E-state index in [1.807, 2.05) is 12.1 Å². The van der Waals surface area contributed by atoms with Crippen LogP contribution in [0.1, 0.15) is 54.6 Å². The SMILES string of the molecule is CC(=O)c1c(C)c2cnc(Nc3ccc4c(c3)OC[C@@H]3CNCCN43)nc2n(C2CCCC2)c1=O. The van der Waals surface area contributed by atoms with Gasteiger partial charge in [-0.1, -0.05) is 12.8 Å². The largest absolute Gasteiger partial charge is 0.489 e. The van der Waals surface area contributed by atoms with Gasteiger partial charge in [0.25, 0.3) is 5.56 Å². The third-order valence-corrected chi connectivity index (χ3v) is 7.56. The molecule has 9 nitrogen and oxygen atoms in total. The van der Waals surface area contributed by atoms with E-state index >= 15 is 0 Å². The first-order valence-electron chi connectivity index (χ1n) is 12.5. The molecule has 2 aromatic heterocycles. The van der Waals surface area contributed by atoms with Crippen molar-refractivity contribution in [1.29, 1.82) is 0 Å². The number of ketones is 1. The molecule has 0 unspecified atom stereocenters. The highest BCUT2D eigenvalue weighted by molar-refractivity contribution is 5.99. The van der Waals surface area contributed by atoms with Gasteiger partial charge >= 0.3 is 0 Å². The number of hydrogen-bond donors (Lipinski definition) is 2. The van der Waals surface area contributed by atoms with Crippen molar-refractivity contribution >= 4 is 34.1 Å². The molecule has 1 saturated carbocycles. The van der Waals surface area contributed by atoms with Gasteiger partial charge in [0.15, 0.2) is 5.78 Å². The maximum atomic E-state index is 13.4. The van der Waals surface area contributed by atoms with Crippen LogP contribution < -0.4 is 25.8 Å². The summed E-state index contributed by atoms with van der Waals surface area (Å²) < 4.78 is 7.79. The Morgan fingerprint density at radius 2 is 2.06 bits per heavy atom. The van der Waals surface area contributed by atoms with E-state index in [9.17, 15) is 9.59 Å². The number of aryl methyl sites for hydroxylation is 1. The maximum absolute atomic E-state index is 13.4. The molecule has 1 saturated heterocycles. The fourth-order valence-electron chi connectivity index (χ4n) is 5.80. The van der Waals surface area contributed by atoms with Gasteiger partial charge in [-0.25, -0.2) is 4.98 Å². The zero-order valence-corrected chi connectivity index (χ0v) is 20.1. The normalized spacial score (nSPS) is 19.8. The molecule has 9 heteroatoms. The lowest BCUT2D eigenvalue weighted by Crippen LogP contribution is -2.55.